The molecule has 10 heavy (non-hydrogen) atoms. The maximum Gasteiger partial charge on any atom is 0.131 e. The quantitative estimate of drug-likeness (QED) is 0.550. The van der Waals surface area contributed by atoms with Crippen LogP contribution in [0.5, 0.6) is 0 Å². The summed E-state index contributed by atoms with van der Waals surface area (Å²) in [5, 5.41) is 0. The van der Waals surface area contributed by atoms with Crippen LogP contribution in [0.1, 0.15) is 27.2 Å². The topological polar surface area (TPSA) is 9.23 Å². The number of hydrogen-bond acceptors (Lipinski definition) is 1. The van der Waals surface area contributed by atoms with Gasteiger partial charge in [-0.3, -0.25) is 0 Å². The lowest BCUT2D eigenvalue weighted by atomic mass is 9.99. The molecule has 1 heterocycles. The predicted molar refractivity (Wildman–Crippen MR) is 38.7 cm³/mol. The highest BCUT2D eigenvalue weighted by Crippen LogP contribution is 2.30. The van der Waals surface area contributed by atoms with Gasteiger partial charge >= 0.3 is 0 Å². The monoisotopic (exact) mass is 146 g/mol. The van der Waals surface area contributed by atoms with Crippen LogP contribution < -0.4 is 0 Å². The maximum atomic E-state index is 13.0. The molecule has 0 aromatic heterocycles. The molecular formula is C8H15FO. The Balaban J connectivity index is 2.53. The zero-order chi connectivity index (χ0) is 7.72. The van der Waals surface area contributed by atoms with Gasteiger partial charge in [0.2, 0.25) is 0 Å². The molecular weight excluding hydrogens is 131 g/mol. The third-order valence-electron chi connectivity index (χ3n) is 2.33. The zero-order valence-electron chi connectivity index (χ0n) is 6.80. The smallest absolute Gasteiger partial charge is 0.131 e. The molecule has 1 fully saturated rings. The van der Waals surface area contributed by atoms with E-state index in [9.17, 15) is 4.39 Å². The van der Waals surface area contributed by atoms with E-state index in [4.69, 9.17) is 4.74 Å². The van der Waals surface area contributed by atoms with Crippen molar-refractivity contribution >= 4 is 0 Å². The van der Waals surface area contributed by atoms with Crippen LogP contribution in [0.15, 0.2) is 0 Å². The minimum atomic E-state index is -0.759. The fraction of sp³-hybridized carbons (Fsp3) is 1.00. The predicted octanol–water partition coefficient (Wildman–Crippen LogP) is 2.16. The molecule has 1 nitrogen and oxygen atoms in total. The molecule has 0 radical (unpaired) electrons. The Bertz CT molecular complexity index is 116. The van der Waals surface area contributed by atoms with Crippen LogP contribution in [-0.4, -0.2) is 18.4 Å². The summed E-state index contributed by atoms with van der Waals surface area (Å²) in [4.78, 5) is 0. The van der Waals surface area contributed by atoms with E-state index in [0.717, 1.165) is 6.42 Å². The lowest BCUT2D eigenvalue weighted by Gasteiger charge is -2.10. The zero-order valence-corrected chi connectivity index (χ0v) is 6.80. The van der Waals surface area contributed by atoms with Crippen LogP contribution in [0.25, 0.3) is 0 Å². The Hall–Kier alpha value is -0.110. The van der Waals surface area contributed by atoms with Crippen LogP contribution in [0.4, 0.5) is 4.39 Å². The van der Waals surface area contributed by atoms with Gasteiger partial charge in [0.05, 0.1) is 12.2 Å². The highest BCUT2D eigenvalue weighted by Gasteiger charge is 2.38. The molecule has 0 aromatic rings. The molecule has 1 aliphatic heterocycles. The fourth-order valence-electron chi connectivity index (χ4n) is 1.58. The first kappa shape index (κ1) is 7.99. The lowest BCUT2D eigenvalue weighted by molar-refractivity contribution is 0.0349. The van der Waals surface area contributed by atoms with E-state index in [-0.39, 0.29) is 18.1 Å². The molecule has 0 aromatic carbocycles. The molecule has 1 rings (SSSR count). The van der Waals surface area contributed by atoms with E-state index < -0.39 is 6.17 Å². The third kappa shape index (κ3) is 1.17. The fourth-order valence-corrected chi connectivity index (χ4v) is 1.58. The summed E-state index contributed by atoms with van der Waals surface area (Å²) in [5.41, 5.74) is 0. The maximum absolute atomic E-state index is 13.0. The molecule has 1 aliphatic rings. The van der Waals surface area contributed by atoms with Crippen LogP contribution in [-0.2, 0) is 4.74 Å². The average Bonchev–Trinajstić information content (AvgIpc) is 2.17. The Morgan fingerprint density at radius 2 is 2.00 bits per heavy atom. The molecule has 4 atom stereocenters. The van der Waals surface area contributed by atoms with E-state index in [0.29, 0.717) is 0 Å². The molecule has 60 valence electrons. The summed E-state index contributed by atoms with van der Waals surface area (Å²) in [6.45, 7) is 5.76. The molecule has 0 bridgehead atoms. The van der Waals surface area contributed by atoms with Gasteiger partial charge in [0.1, 0.15) is 6.17 Å². The molecule has 1 unspecified atom stereocenters. The molecule has 0 spiro atoms. The van der Waals surface area contributed by atoms with Gasteiger partial charge < -0.3 is 4.74 Å². The minimum Gasteiger partial charge on any atom is -0.372 e. The Morgan fingerprint density at radius 3 is 2.20 bits per heavy atom. The third-order valence-corrected chi connectivity index (χ3v) is 2.33. The van der Waals surface area contributed by atoms with Crippen LogP contribution in [0, 0.1) is 5.92 Å². The van der Waals surface area contributed by atoms with E-state index in [2.05, 4.69) is 0 Å². The molecule has 1 saturated heterocycles. The Labute approximate surface area is 61.6 Å². The van der Waals surface area contributed by atoms with Gasteiger partial charge in [-0.2, -0.15) is 0 Å². The summed E-state index contributed by atoms with van der Waals surface area (Å²) in [7, 11) is 0. The summed E-state index contributed by atoms with van der Waals surface area (Å²) in [5.74, 6) is 0.0833. The van der Waals surface area contributed by atoms with E-state index in [1.807, 2.05) is 13.8 Å². The van der Waals surface area contributed by atoms with Gasteiger partial charge in [-0.15, -0.1) is 0 Å². The summed E-state index contributed by atoms with van der Waals surface area (Å²) in [6, 6.07) is 0. The van der Waals surface area contributed by atoms with Crippen LogP contribution >= 0.6 is 0 Å². The van der Waals surface area contributed by atoms with Gasteiger partial charge in [0.15, 0.2) is 0 Å². The Morgan fingerprint density at radius 1 is 1.40 bits per heavy atom. The summed E-state index contributed by atoms with van der Waals surface area (Å²) < 4.78 is 18.4. The van der Waals surface area contributed by atoms with Gasteiger partial charge in [-0.25, -0.2) is 4.39 Å². The SMILES string of the molecule is CC[C@H]1O[C@H](C)C(F)[C@H]1C. The van der Waals surface area contributed by atoms with Gasteiger partial charge in [0, 0.05) is 5.92 Å². The number of halogens is 1. The van der Waals surface area contributed by atoms with Crippen LogP contribution in [0.3, 0.4) is 0 Å². The van der Waals surface area contributed by atoms with E-state index in [1.165, 1.54) is 0 Å². The summed E-state index contributed by atoms with van der Waals surface area (Å²) >= 11 is 0. The second-order valence-electron chi connectivity index (χ2n) is 3.09. The molecule has 2 heteroatoms. The summed E-state index contributed by atoms with van der Waals surface area (Å²) in [6.07, 6.45) is 0.112. The molecule has 0 N–H and O–H groups in total. The van der Waals surface area contributed by atoms with Crippen molar-refractivity contribution in [1.82, 2.24) is 0 Å². The first-order valence-electron chi connectivity index (χ1n) is 3.96. The Kier molecular flexibility index (Phi) is 2.29. The highest BCUT2D eigenvalue weighted by atomic mass is 19.1. The number of alkyl halides is 1. The van der Waals surface area contributed by atoms with Gasteiger partial charge in [-0.1, -0.05) is 13.8 Å². The van der Waals surface area contributed by atoms with Crippen LogP contribution in [0.2, 0.25) is 0 Å². The average molecular weight is 146 g/mol. The van der Waals surface area contributed by atoms with Crippen molar-refractivity contribution in [2.24, 2.45) is 5.92 Å². The highest BCUT2D eigenvalue weighted by molar-refractivity contribution is 4.84. The first-order chi connectivity index (χ1) is 4.66. The minimum absolute atomic E-state index is 0.0833. The molecule has 0 amide bonds. The van der Waals surface area contributed by atoms with Crippen molar-refractivity contribution in [1.29, 1.82) is 0 Å². The first-order valence-corrected chi connectivity index (χ1v) is 3.96. The largest absolute Gasteiger partial charge is 0.372 e. The second-order valence-corrected chi connectivity index (χ2v) is 3.09. The van der Waals surface area contributed by atoms with Crippen molar-refractivity contribution in [3.05, 3.63) is 0 Å². The van der Waals surface area contributed by atoms with Crippen molar-refractivity contribution in [2.75, 3.05) is 0 Å². The number of hydrogen-bond donors (Lipinski definition) is 0. The van der Waals surface area contributed by atoms with Gasteiger partial charge in [0.25, 0.3) is 0 Å². The molecule has 0 saturated carbocycles. The lowest BCUT2D eigenvalue weighted by Crippen LogP contribution is -2.18. The van der Waals surface area contributed by atoms with Crippen molar-refractivity contribution in [3.63, 3.8) is 0 Å². The normalized spacial score (nSPS) is 48.0. The molecule has 0 aliphatic carbocycles. The van der Waals surface area contributed by atoms with Crippen molar-refractivity contribution in [3.8, 4) is 0 Å². The number of ether oxygens (including phenoxy) is 1. The standard InChI is InChI=1S/C8H15FO/c1-4-7-5(2)8(9)6(3)10-7/h5-8H,4H2,1-3H3/t5-,6+,7+,8?/m0/s1. The second kappa shape index (κ2) is 2.87. The number of rotatable bonds is 1. The van der Waals surface area contributed by atoms with Crippen molar-refractivity contribution in [2.45, 2.75) is 45.6 Å². The van der Waals surface area contributed by atoms with Gasteiger partial charge in [-0.05, 0) is 13.3 Å². The van der Waals surface area contributed by atoms with Crippen molar-refractivity contribution < 1.29 is 9.13 Å². The van der Waals surface area contributed by atoms with E-state index in [1.54, 1.807) is 6.92 Å². The van der Waals surface area contributed by atoms with E-state index >= 15 is 0 Å².